The van der Waals surface area contributed by atoms with Gasteiger partial charge in [-0.2, -0.15) is 0 Å². The summed E-state index contributed by atoms with van der Waals surface area (Å²) in [4.78, 5) is 31.6. The zero-order valence-electron chi connectivity index (χ0n) is 21.6. The van der Waals surface area contributed by atoms with Gasteiger partial charge in [-0.25, -0.2) is 9.37 Å². The van der Waals surface area contributed by atoms with Crippen LogP contribution in [0, 0.1) is 26.6 Å². The first-order valence-corrected chi connectivity index (χ1v) is 13.5. The molecule has 3 aromatic carbocycles. The monoisotopic (exact) mass is 525 g/mol. The van der Waals surface area contributed by atoms with Crippen LogP contribution < -0.4 is 5.56 Å². The second-order valence-corrected chi connectivity index (χ2v) is 10.4. The number of carbonyl (C=O) groups is 1. The molecule has 0 radical (unpaired) electrons. The molecule has 0 unspecified atom stereocenters. The Hall–Kier alpha value is -3.97. The first-order chi connectivity index (χ1) is 18.3. The minimum atomic E-state index is -0.249. The molecular weight excluding hydrogens is 497 g/mol. The predicted octanol–water partition coefficient (Wildman–Crippen LogP) is 6.47. The molecule has 5 rings (SSSR count). The van der Waals surface area contributed by atoms with E-state index in [2.05, 4.69) is 4.57 Å². The molecule has 38 heavy (non-hydrogen) atoms. The normalized spacial score (nSPS) is 11.3. The fourth-order valence-corrected chi connectivity index (χ4v) is 5.55. The lowest BCUT2D eigenvalue weighted by Gasteiger charge is -2.13. The van der Waals surface area contributed by atoms with E-state index in [0.29, 0.717) is 33.9 Å². The summed E-state index contributed by atoms with van der Waals surface area (Å²) in [6.45, 7) is 6.63. The molecule has 2 aromatic heterocycles. The third kappa shape index (κ3) is 5.20. The van der Waals surface area contributed by atoms with Crippen LogP contribution in [0.25, 0.3) is 16.6 Å². The van der Waals surface area contributed by atoms with Crippen LogP contribution in [-0.2, 0) is 13.0 Å². The molecule has 0 aliphatic rings. The van der Waals surface area contributed by atoms with E-state index in [1.54, 1.807) is 22.8 Å². The highest BCUT2D eigenvalue weighted by molar-refractivity contribution is 7.99. The van der Waals surface area contributed by atoms with Gasteiger partial charge in [0.25, 0.3) is 5.56 Å². The van der Waals surface area contributed by atoms with E-state index in [-0.39, 0.29) is 22.9 Å². The smallest absolute Gasteiger partial charge is 0.266 e. The maximum atomic E-state index is 13.5. The lowest BCUT2D eigenvalue weighted by Crippen LogP contribution is -2.22. The van der Waals surface area contributed by atoms with E-state index in [0.717, 1.165) is 28.9 Å². The van der Waals surface area contributed by atoms with Gasteiger partial charge < -0.3 is 4.57 Å². The van der Waals surface area contributed by atoms with E-state index >= 15 is 0 Å². The molecule has 5 aromatic rings. The molecule has 0 aliphatic carbocycles. The maximum Gasteiger partial charge on any atom is 0.266 e. The molecular formula is C31H28FN3O2S. The van der Waals surface area contributed by atoms with Crippen molar-refractivity contribution in [3.05, 3.63) is 123 Å². The maximum absolute atomic E-state index is 13.5. The lowest BCUT2D eigenvalue weighted by atomic mass is 10.1. The SMILES string of the molecule is Cc1ccc(-n2c(SCC(=O)c3cc(C)n(CCc4ccc(F)cc4)c3C)nc3ccccc3c2=O)cc1. The van der Waals surface area contributed by atoms with Crippen molar-refractivity contribution in [2.24, 2.45) is 0 Å². The minimum Gasteiger partial charge on any atom is -0.348 e. The standard InChI is InChI=1S/C31H28FN3O2S/c1-20-8-14-25(15-9-20)35-30(37)26-6-4-5-7-28(26)33-31(35)38-19-29(36)27-18-21(2)34(22(27)3)17-16-23-10-12-24(32)13-11-23/h4-15,18H,16-17,19H2,1-3H3. The highest BCUT2D eigenvalue weighted by Crippen LogP contribution is 2.24. The number of aryl methyl sites for hydroxylation is 3. The number of hydrogen-bond donors (Lipinski definition) is 0. The third-order valence-corrected chi connectivity index (χ3v) is 7.72. The number of hydrogen-bond acceptors (Lipinski definition) is 4. The van der Waals surface area contributed by atoms with Gasteiger partial charge in [0, 0.05) is 23.5 Å². The van der Waals surface area contributed by atoms with Crippen LogP contribution in [-0.4, -0.2) is 25.7 Å². The van der Waals surface area contributed by atoms with Crippen molar-refractivity contribution < 1.29 is 9.18 Å². The molecule has 0 N–H and O–H groups in total. The summed E-state index contributed by atoms with van der Waals surface area (Å²) in [7, 11) is 0. The van der Waals surface area contributed by atoms with Crippen LogP contribution in [0.2, 0.25) is 0 Å². The van der Waals surface area contributed by atoms with Gasteiger partial charge in [-0.1, -0.05) is 53.7 Å². The number of ketones is 1. The first-order valence-electron chi connectivity index (χ1n) is 12.5. The van der Waals surface area contributed by atoms with E-state index in [9.17, 15) is 14.0 Å². The molecule has 0 spiro atoms. The number of carbonyl (C=O) groups excluding carboxylic acids is 1. The number of Topliss-reactive ketones (excluding diaryl/α,β-unsaturated/α-hetero) is 1. The molecule has 0 atom stereocenters. The molecule has 0 bridgehead atoms. The van der Waals surface area contributed by atoms with Crippen molar-refractivity contribution in [1.82, 2.24) is 14.1 Å². The summed E-state index contributed by atoms with van der Waals surface area (Å²) in [5, 5.41) is 1.02. The summed E-state index contributed by atoms with van der Waals surface area (Å²) in [6.07, 6.45) is 0.739. The van der Waals surface area contributed by atoms with Crippen molar-refractivity contribution in [2.45, 2.75) is 38.9 Å². The van der Waals surface area contributed by atoms with Gasteiger partial charge in [-0.3, -0.25) is 14.2 Å². The number of para-hydroxylation sites is 1. The Bertz CT molecular complexity index is 1690. The average Bonchev–Trinajstić information content (AvgIpc) is 3.20. The molecule has 192 valence electrons. The molecule has 0 fully saturated rings. The molecule has 0 saturated heterocycles. The first kappa shape index (κ1) is 25.7. The van der Waals surface area contributed by atoms with Crippen molar-refractivity contribution in [1.29, 1.82) is 0 Å². The van der Waals surface area contributed by atoms with Crippen LogP contribution in [0.15, 0.2) is 88.8 Å². The number of benzene rings is 3. The number of aromatic nitrogens is 3. The molecule has 0 amide bonds. The second kappa shape index (κ2) is 10.8. The topological polar surface area (TPSA) is 56.9 Å². The van der Waals surface area contributed by atoms with Gasteiger partial charge in [0.05, 0.1) is 22.3 Å². The van der Waals surface area contributed by atoms with Gasteiger partial charge in [0.2, 0.25) is 0 Å². The summed E-state index contributed by atoms with van der Waals surface area (Å²) < 4.78 is 16.9. The molecule has 7 heteroatoms. The highest BCUT2D eigenvalue weighted by Gasteiger charge is 2.19. The highest BCUT2D eigenvalue weighted by atomic mass is 32.2. The number of fused-ring (bicyclic) bond motifs is 1. The van der Waals surface area contributed by atoms with Crippen LogP contribution in [0.1, 0.15) is 32.9 Å². The molecule has 0 aliphatic heterocycles. The second-order valence-electron chi connectivity index (χ2n) is 9.41. The largest absolute Gasteiger partial charge is 0.348 e. The van der Waals surface area contributed by atoms with Crippen molar-refractivity contribution >= 4 is 28.4 Å². The predicted molar refractivity (Wildman–Crippen MR) is 151 cm³/mol. The van der Waals surface area contributed by atoms with E-state index in [1.807, 2.05) is 69.3 Å². The third-order valence-electron chi connectivity index (χ3n) is 6.78. The zero-order valence-corrected chi connectivity index (χ0v) is 22.4. The van der Waals surface area contributed by atoms with Crippen molar-refractivity contribution in [3.63, 3.8) is 0 Å². The Labute approximate surface area is 225 Å². The molecule has 2 heterocycles. The fourth-order valence-electron chi connectivity index (χ4n) is 4.66. The van der Waals surface area contributed by atoms with Gasteiger partial charge in [-0.15, -0.1) is 0 Å². The Balaban J connectivity index is 1.40. The Morgan fingerprint density at radius 1 is 0.947 bits per heavy atom. The molecule has 0 saturated carbocycles. The summed E-state index contributed by atoms with van der Waals surface area (Å²) in [5.41, 5.74) is 5.86. The number of nitrogens with zero attached hydrogens (tertiary/aromatic N) is 3. The van der Waals surface area contributed by atoms with Gasteiger partial charge in [-0.05, 0) is 75.2 Å². The summed E-state index contributed by atoms with van der Waals surface area (Å²) in [5.74, 6) is -0.117. The molecule has 5 nitrogen and oxygen atoms in total. The summed E-state index contributed by atoms with van der Waals surface area (Å²) >= 11 is 1.27. The number of halogens is 1. The summed E-state index contributed by atoms with van der Waals surface area (Å²) in [6, 6.07) is 23.4. The number of rotatable bonds is 8. The quantitative estimate of drug-likeness (QED) is 0.132. The van der Waals surface area contributed by atoms with Crippen molar-refractivity contribution in [2.75, 3.05) is 5.75 Å². The zero-order chi connectivity index (χ0) is 26.8. The van der Waals surface area contributed by atoms with Crippen LogP contribution in [0.3, 0.4) is 0 Å². The van der Waals surface area contributed by atoms with Gasteiger partial charge >= 0.3 is 0 Å². The van der Waals surface area contributed by atoms with E-state index in [1.165, 1.54) is 23.9 Å². The minimum absolute atomic E-state index is 0.0194. The van der Waals surface area contributed by atoms with Crippen LogP contribution in [0.5, 0.6) is 0 Å². The van der Waals surface area contributed by atoms with Crippen molar-refractivity contribution in [3.8, 4) is 5.69 Å². The number of thioether (sulfide) groups is 1. The Morgan fingerprint density at radius 3 is 2.39 bits per heavy atom. The Kier molecular flexibility index (Phi) is 7.29. The Morgan fingerprint density at radius 2 is 1.66 bits per heavy atom. The van der Waals surface area contributed by atoms with Gasteiger partial charge in [0.15, 0.2) is 10.9 Å². The van der Waals surface area contributed by atoms with E-state index < -0.39 is 0 Å². The van der Waals surface area contributed by atoms with Gasteiger partial charge in [0.1, 0.15) is 5.82 Å². The average molecular weight is 526 g/mol. The van der Waals surface area contributed by atoms with E-state index in [4.69, 9.17) is 4.98 Å². The van der Waals surface area contributed by atoms with Crippen LogP contribution >= 0.6 is 11.8 Å². The lowest BCUT2D eigenvalue weighted by molar-refractivity contribution is 0.102. The van der Waals surface area contributed by atoms with Crippen LogP contribution in [0.4, 0.5) is 4.39 Å². The fraction of sp³-hybridized carbons (Fsp3) is 0.194.